The predicted octanol–water partition coefficient (Wildman–Crippen LogP) is 3.93. The molecule has 21 heavy (non-hydrogen) atoms. The Hall–Kier alpha value is -1.31. The Bertz CT molecular complexity index is 740. The summed E-state index contributed by atoms with van der Waals surface area (Å²) in [5.41, 5.74) is 2.84. The van der Waals surface area contributed by atoms with E-state index < -0.39 is 10.8 Å². The molecule has 0 bridgehead atoms. The molecule has 0 spiro atoms. The zero-order valence-corrected chi connectivity index (χ0v) is 14.1. The van der Waals surface area contributed by atoms with E-state index in [4.69, 9.17) is 4.42 Å². The highest BCUT2D eigenvalue weighted by atomic mass is 32.2. The van der Waals surface area contributed by atoms with Gasteiger partial charge in [0.2, 0.25) is 5.89 Å². The van der Waals surface area contributed by atoms with E-state index in [0.29, 0.717) is 17.4 Å². The Morgan fingerprint density at radius 3 is 2.76 bits per heavy atom. The first-order chi connectivity index (χ1) is 10.1. The fourth-order valence-electron chi connectivity index (χ4n) is 1.85. The van der Waals surface area contributed by atoms with Crippen LogP contribution < -0.4 is 0 Å². The summed E-state index contributed by atoms with van der Waals surface area (Å²) in [5.74, 6) is 2.09. The number of rotatable bonds is 5. The van der Waals surface area contributed by atoms with E-state index in [2.05, 4.69) is 15.3 Å². The zero-order chi connectivity index (χ0) is 14.8. The Morgan fingerprint density at radius 1 is 1.24 bits per heavy atom. The van der Waals surface area contributed by atoms with Crippen LogP contribution in [0, 0.1) is 13.8 Å². The van der Waals surface area contributed by atoms with E-state index in [-0.39, 0.29) is 0 Å². The molecule has 0 fully saturated rings. The molecule has 0 aliphatic carbocycles. The maximum atomic E-state index is 12.2. The van der Waals surface area contributed by atoms with Crippen LogP contribution in [0.4, 0.5) is 0 Å². The monoisotopic (exact) mass is 338 g/mol. The summed E-state index contributed by atoms with van der Waals surface area (Å²) in [6.07, 6.45) is 0. The largest absolute Gasteiger partial charge is 0.445 e. The van der Waals surface area contributed by atoms with Crippen LogP contribution in [0.15, 0.2) is 26.6 Å². The van der Waals surface area contributed by atoms with Crippen molar-refractivity contribution in [1.82, 2.24) is 9.97 Å². The van der Waals surface area contributed by atoms with Gasteiger partial charge < -0.3 is 4.42 Å². The van der Waals surface area contributed by atoms with Crippen molar-refractivity contribution >= 4 is 33.5 Å². The smallest absolute Gasteiger partial charge is 0.207 e. The third-order valence-corrected chi connectivity index (χ3v) is 5.80. The molecular formula is C14H14N2O2S3. The lowest BCUT2D eigenvalue weighted by Crippen LogP contribution is -2.00. The summed E-state index contributed by atoms with van der Waals surface area (Å²) in [6, 6.07) is 2.04. The molecule has 7 heteroatoms. The minimum atomic E-state index is -1.06. The van der Waals surface area contributed by atoms with E-state index in [9.17, 15) is 4.21 Å². The van der Waals surface area contributed by atoms with Crippen molar-refractivity contribution in [2.24, 2.45) is 0 Å². The maximum Gasteiger partial charge on any atom is 0.207 e. The number of aromatic nitrogens is 2. The third kappa shape index (κ3) is 3.48. The number of thiazole rings is 1. The van der Waals surface area contributed by atoms with E-state index in [1.807, 2.05) is 30.7 Å². The highest BCUT2D eigenvalue weighted by molar-refractivity contribution is 7.83. The van der Waals surface area contributed by atoms with Gasteiger partial charge in [0.25, 0.3) is 0 Å². The summed E-state index contributed by atoms with van der Waals surface area (Å²) in [4.78, 5) is 8.80. The standard InChI is InChI=1S/C14H14N2O2S3/c1-9-10(2)18-13(15-9)8-21(17)7-12-6-20-14(16-12)11-3-4-19-5-11/h3-6H,7-8H2,1-2H3/t21-/m1/s1. The number of hydrogen-bond donors (Lipinski definition) is 0. The lowest BCUT2D eigenvalue weighted by atomic mass is 10.4. The van der Waals surface area contributed by atoms with E-state index in [0.717, 1.165) is 27.7 Å². The summed E-state index contributed by atoms with van der Waals surface area (Å²) in [6.45, 7) is 3.75. The van der Waals surface area contributed by atoms with Crippen LogP contribution >= 0.6 is 22.7 Å². The molecular weight excluding hydrogens is 324 g/mol. The summed E-state index contributed by atoms with van der Waals surface area (Å²) >= 11 is 3.23. The van der Waals surface area contributed by atoms with Crippen LogP contribution in [-0.4, -0.2) is 14.2 Å². The van der Waals surface area contributed by atoms with Crippen LogP contribution in [0.2, 0.25) is 0 Å². The van der Waals surface area contributed by atoms with Gasteiger partial charge in [-0.05, 0) is 25.3 Å². The summed E-state index contributed by atoms with van der Waals surface area (Å²) in [5, 5.41) is 7.04. The molecule has 3 aromatic rings. The Kier molecular flexibility index (Phi) is 4.32. The van der Waals surface area contributed by atoms with E-state index >= 15 is 0 Å². The second kappa shape index (κ2) is 6.21. The number of nitrogens with zero attached hydrogens (tertiary/aromatic N) is 2. The van der Waals surface area contributed by atoms with Crippen LogP contribution in [0.5, 0.6) is 0 Å². The Morgan fingerprint density at radius 2 is 2.10 bits per heavy atom. The highest BCUT2D eigenvalue weighted by Crippen LogP contribution is 2.26. The average Bonchev–Trinajstić information content (AvgIpc) is 3.12. The molecule has 0 aromatic carbocycles. The molecule has 3 aromatic heterocycles. The molecule has 4 nitrogen and oxygen atoms in total. The SMILES string of the molecule is Cc1nc(C[S@](=O)Cc2csc(-c3ccsc3)n2)oc1C. The number of thiophene rings is 1. The van der Waals surface area contributed by atoms with E-state index in [1.54, 1.807) is 22.7 Å². The van der Waals surface area contributed by atoms with Gasteiger partial charge in [-0.1, -0.05) is 0 Å². The lowest BCUT2D eigenvalue weighted by molar-refractivity contribution is 0.487. The molecule has 3 rings (SSSR count). The highest BCUT2D eigenvalue weighted by Gasteiger charge is 2.12. The van der Waals surface area contributed by atoms with Gasteiger partial charge in [-0.3, -0.25) is 4.21 Å². The van der Waals surface area contributed by atoms with Gasteiger partial charge in [0.05, 0.1) is 17.1 Å². The normalized spacial score (nSPS) is 12.7. The molecule has 0 N–H and O–H groups in total. The zero-order valence-electron chi connectivity index (χ0n) is 11.7. The maximum absolute atomic E-state index is 12.2. The average molecular weight is 338 g/mol. The van der Waals surface area contributed by atoms with Gasteiger partial charge >= 0.3 is 0 Å². The fraction of sp³-hybridized carbons (Fsp3) is 0.286. The predicted molar refractivity (Wildman–Crippen MR) is 87.0 cm³/mol. The minimum absolute atomic E-state index is 0.333. The Balaban J connectivity index is 1.65. The first kappa shape index (κ1) is 14.6. The molecule has 0 radical (unpaired) electrons. The van der Waals surface area contributed by atoms with Crippen molar-refractivity contribution in [3.8, 4) is 10.6 Å². The van der Waals surface area contributed by atoms with Gasteiger partial charge in [-0.2, -0.15) is 11.3 Å². The molecule has 0 saturated carbocycles. The van der Waals surface area contributed by atoms with Crippen LogP contribution in [0.3, 0.4) is 0 Å². The molecule has 1 atom stereocenters. The van der Waals surface area contributed by atoms with Crippen molar-refractivity contribution in [3.05, 3.63) is 45.2 Å². The number of aryl methyl sites for hydroxylation is 2. The van der Waals surface area contributed by atoms with Crippen molar-refractivity contribution in [2.45, 2.75) is 25.4 Å². The Labute approximate surface area is 133 Å². The number of oxazole rings is 1. The van der Waals surface area contributed by atoms with Crippen LogP contribution in [0.25, 0.3) is 10.6 Å². The third-order valence-electron chi connectivity index (χ3n) is 2.99. The summed E-state index contributed by atoms with van der Waals surface area (Å²) in [7, 11) is -1.06. The van der Waals surface area contributed by atoms with Crippen molar-refractivity contribution in [1.29, 1.82) is 0 Å². The topological polar surface area (TPSA) is 56.0 Å². The van der Waals surface area contributed by atoms with Gasteiger partial charge in [0.1, 0.15) is 16.5 Å². The van der Waals surface area contributed by atoms with Crippen LogP contribution in [0.1, 0.15) is 23.0 Å². The van der Waals surface area contributed by atoms with Crippen molar-refractivity contribution in [2.75, 3.05) is 0 Å². The molecule has 0 saturated heterocycles. The molecule has 0 aliphatic heterocycles. The van der Waals surface area contributed by atoms with Crippen molar-refractivity contribution < 1.29 is 8.63 Å². The van der Waals surface area contributed by atoms with Gasteiger partial charge in [0, 0.05) is 27.1 Å². The second-order valence-corrected chi connectivity index (χ2v) is 7.73. The molecule has 0 unspecified atom stereocenters. The summed E-state index contributed by atoms with van der Waals surface area (Å²) < 4.78 is 17.6. The fourth-order valence-corrected chi connectivity index (χ4v) is 4.46. The first-order valence-electron chi connectivity index (χ1n) is 6.36. The van der Waals surface area contributed by atoms with Gasteiger partial charge in [-0.25, -0.2) is 9.97 Å². The van der Waals surface area contributed by atoms with Gasteiger partial charge in [0.15, 0.2) is 0 Å². The molecule has 3 heterocycles. The van der Waals surface area contributed by atoms with Crippen molar-refractivity contribution in [3.63, 3.8) is 0 Å². The minimum Gasteiger partial charge on any atom is -0.445 e. The second-order valence-electron chi connectivity index (χ2n) is 4.63. The number of hydrogen-bond acceptors (Lipinski definition) is 6. The van der Waals surface area contributed by atoms with E-state index in [1.165, 1.54) is 0 Å². The van der Waals surface area contributed by atoms with Crippen LogP contribution in [-0.2, 0) is 22.3 Å². The van der Waals surface area contributed by atoms with Gasteiger partial charge in [-0.15, -0.1) is 11.3 Å². The first-order valence-corrected chi connectivity index (χ1v) is 9.67. The molecule has 0 amide bonds. The molecule has 0 aliphatic rings. The lowest BCUT2D eigenvalue weighted by Gasteiger charge is -1.96. The quantitative estimate of drug-likeness (QED) is 0.707. The molecule has 110 valence electrons.